The van der Waals surface area contributed by atoms with Crippen LogP contribution in [-0.4, -0.2) is 35.2 Å². The second-order valence-electron chi connectivity index (χ2n) is 5.86. The number of aryl methyl sites for hydroxylation is 1. The number of hydrogen-bond donors (Lipinski definition) is 2. The molecule has 0 radical (unpaired) electrons. The van der Waals surface area contributed by atoms with Crippen LogP contribution < -0.4 is 5.73 Å². The maximum atomic E-state index is 10.3. The lowest BCUT2D eigenvalue weighted by molar-refractivity contribution is 0.00853. The average molecular weight is 282 g/mol. The van der Waals surface area contributed by atoms with Crippen molar-refractivity contribution in [2.24, 2.45) is 5.73 Å². The molecule has 3 N–H and O–H groups in total. The van der Waals surface area contributed by atoms with Crippen molar-refractivity contribution in [1.29, 1.82) is 0 Å². The molecule has 0 aliphatic heterocycles. The summed E-state index contributed by atoms with van der Waals surface area (Å²) in [5.74, 6) is 0. The van der Waals surface area contributed by atoms with Gasteiger partial charge in [-0.25, -0.2) is 0 Å². The highest BCUT2D eigenvalue weighted by Gasteiger charge is 2.33. The van der Waals surface area contributed by atoms with E-state index >= 15 is 0 Å². The molecule has 4 atom stereocenters. The van der Waals surface area contributed by atoms with Gasteiger partial charge >= 0.3 is 0 Å². The van der Waals surface area contributed by atoms with Crippen LogP contribution in [0.4, 0.5) is 0 Å². The Morgan fingerprint density at radius 1 is 1.42 bits per heavy atom. The van der Waals surface area contributed by atoms with E-state index in [2.05, 4.69) is 37.2 Å². The normalized spacial score (nSPS) is 27.5. The van der Waals surface area contributed by atoms with Crippen LogP contribution in [0.3, 0.4) is 0 Å². The van der Waals surface area contributed by atoms with E-state index in [0.717, 1.165) is 19.3 Å². The van der Waals surface area contributed by atoms with Crippen LogP contribution in [0.15, 0.2) is 11.4 Å². The fourth-order valence-electron chi connectivity index (χ4n) is 3.26. The van der Waals surface area contributed by atoms with Crippen molar-refractivity contribution in [2.45, 2.75) is 63.8 Å². The molecule has 1 fully saturated rings. The van der Waals surface area contributed by atoms with Crippen molar-refractivity contribution in [2.75, 3.05) is 7.05 Å². The largest absolute Gasteiger partial charge is 0.391 e. The summed E-state index contributed by atoms with van der Waals surface area (Å²) in [4.78, 5) is 3.66. The molecule has 1 heterocycles. The zero-order valence-electron chi connectivity index (χ0n) is 12.2. The van der Waals surface area contributed by atoms with Crippen LogP contribution in [-0.2, 0) is 0 Å². The molecule has 4 unspecified atom stereocenters. The zero-order chi connectivity index (χ0) is 14.0. The molecule has 0 bridgehead atoms. The van der Waals surface area contributed by atoms with Crippen molar-refractivity contribution in [1.82, 2.24) is 4.90 Å². The molecule has 1 saturated carbocycles. The molecule has 1 aromatic heterocycles. The van der Waals surface area contributed by atoms with Crippen LogP contribution in [0.1, 0.15) is 49.1 Å². The standard InChI is InChI=1S/C15H26N2OS/c1-10-8-9-19-15(10)14(11(2)16)17(3)12-6-4-5-7-13(12)18/h8-9,11-14,18H,4-7,16H2,1-3H3. The maximum Gasteiger partial charge on any atom is 0.0695 e. The minimum absolute atomic E-state index is 0.0662. The minimum Gasteiger partial charge on any atom is -0.391 e. The van der Waals surface area contributed by atoms with Gasteiger partial charge in [-0.15, -0.1) is 11.3 Å². The average Bonchev–Trinajstić information content (AvgIpc) is 2.76. The Morgan fingerprint density at radius 3 is 2.63 bits per heavy atom. The lowest BCUT2D eigenvalue weighted by Crippen LogP contribution is -2.49. The van der Waals surface area contributed by atoms with E-state index in [1.165, 1.54) is 16.9 Å². The first kappa shape index (κ1) is 15.0. The number of thiophene rings is 1. The molecule has 0 amide bonds. The van der Waals surface area contributed by atoms with Gasteiger partial charge in [-0.3, -0.25) is 4.90 Å². The Morgan fingerprint density at radius 2 is 2.11 bits per heavy atom. The zero-order valence-corrected chi connectivity index (χ0v) is 13.0. The van der Waals surface area contributed by atoms with Gasteiger partial charge in [-0.1, -0.05) is 12.8 Å². The molecule has 4 heteroatoms. The van der Waals surface area contributed by atoms with E-state index in [-0.39, 0.29) is 24.2 Å². The van der Waals surface area contributed by atoms with Crippen LogP contribution in [0, 0.1) is 6.92 Å². The van der Waals surface area contributed by atoms with Gasteiger partial charge in [0, 0.05) is 17.0 Å². The number of aliphatic hydroxyl groups excluding tert-OH is 1. The number of hydrogen-bond acceptors (Lipinski definition) is 4. The molecule has 1 aliphatic carbocycles. The molecule has 19 heavy (non-hydrogen) atoms. The van der Waals surface area contributed by atoms with Gasteiger partial charge in [-0.05, 0) is 50.7 Å². The third-order valence-corrected chi connectivity index (χ3v) is 5.41. The Labute approximate surface area is 120 Å². The Kier molecular flexibility index (Phi) is 5.01. The summed E-state index contributed by atoms with van der Waals surface area (Å²) in [6.45, 7) is 4.21. The monoisotopic (exact) mass is 282 g/mol. The number of nitrogens with two attached hydrogens (primary N) is 1. The van der Waals surface area contributed by atoms with Gasteiger partial charge in [0.05, 0.1) is 12.1 Å². The van der Waals surface area contributed by atoms with Crippen LogP contribution >= 0.6 is 11.3 Å². The highest BCUT2D eigenvalue weighted by Crippen LogP contribution is 2.34. The summed E-state index contributed by atoms with van der Waals surface area (Å²) in [6, 6.07) is 2.67. The Hall–Kier alpha value is -0.420. The molecule has 3 nitrogen and oxygen atoms in total. The van der Waals surface area contributed by atoms with Gasteiger partial charge in [0.15, 0.2) is 0 Å². The molecular weight excluding hydrogens is 256 g/mol. The molecular formula is C15H26N2OS. The van der Waals surface area contributed by atoms with Gasteiger partial charge in [0.25, 0.3) is 0 Å². The molecule has 2 rings (SSSR count). The smallest absolute Gasteiger partial charge is 0.0695 e. The second kappa shape index (κ2) is 6.35. The Bertz CT molecular complexity index is 405. The number of rotatable bonds is 4. The summed E-state index contributed by atoms with van der Waals surface area (Å²) < 4.78 is 0. The number of aliphatic hydroxyl groups is 1. The van der Waals surface area contributed by atoms with Crippen LogP contribution in [0.2, 0.25) is 0 Å². The molecule has 0 aromatic carbocycles. The van der Waals surface area contributed by atoms with E-state index in [1.54, 1.807) is 11.3 Å². The fourth-order valence-corrected chi connectivity index (χ4v) is 4.45. The summed E-state index contributed by atoms with van der Waals surface area (Å²) in [5, 5.41) is 12.4. The molecule has 0 spiro atoms. The topological polar surface area (TPSA) is 49.5 Å². The first-order chi connectivity index (χ1) is 9.02. The third kappa shape index (κ3) is 3.19. The highest BCUT2D eigenvalue weighted by molar-refractivity contribution is 7.10. The van der Waals surface area contributed by atoms with Crippen LogP contribution in [0.5, 0.6) is 0 Å². The van der Waals surface area contributed by atoms with E-state index in [9.17, 15) is 5.11 Å². The molecule has 1 aromatic rings. The fraction of sp³-hybridized carbons (Fsp3) is 0.733. The lowest BCUT2D eigenvalue weighted by atomic mass is 9.89. The predicted octanol–water partition coefficient (Wildman–Crippen LogP) is 2.68. The summed E-state index contributed by atoms with van der Waals surface area (Å²) in [7, 11) is 2.12. The molecule has 0 saturated heterocycles. The SMILES string of the molecule is Cc1ccsc1C(C(C)N)N(C)C1CCCCC1O. The minimum atomic E-state index is -0.208. The second-order valence-corrected chi connectivity index (χ2v) is 6.80. The van der Waals surface area contributed by atoms with E-state index in [1.807, 2.05) is 0 Å². The third-order valence-electron chi connectivity index (χ3n) is 4.32. The quantitative estimate of drug-likeness (QED) is 0.892. The summed E-state index contributed by atoms with van der Waals surface area (Å²) in [5.41, 5.74) is 7.54. The van der Waals surface area contributed by atoms with Gasteiger partial charge < -0.3 is 10.8 Å². The van der Waals surface area contributed by atoms with Crippen molar-refractivity contribution in [3.63, 3.8) is 0 Å². The van der Waals surface area contributed by atoms with Gasteiger partial charge in [0.2, 0.25) is 0 Å². The number of likely N-dealkylation sites (N-methyl/N-ethyl adjacent to an activating group) is 1. The van der Waals surface area contributed by atoms with E-state index in [4.69, 9.17) is 5.73 Å². The van der Waals surface area contributed by atoms with E-state index < -0.39 is 0 Å². The Balaban J connectivity index is 2.21. The van der Waals surface area contributed by atoms with Crippen molar-refractivity contribution in [3.8, 4) is 0 Å². The molecule has 108 valence electrons. The first-order valence-electron chi connectivity index (χ1n) is 7.22. The summed E-state index contributed by atoms with van der Waals surface area (Å²) in [6.07, 6.45) is 4.14. The van der Waals surface area contributed by atoms with E-state index in [0.29, 0.717) is 0 Å². The first-order valence-corrected chi connectivity index (χ1v) is 8.10. The van der Waals surface area contributed by atoms with Crippen molar-refractivity contribution in [3.05, 3.63) is 21.9 Å². The van der Waals surface area contributed by atoms with Crippen LogP contribution in [0.25, 0.3) is 0 Å². The lowest BCUT2D eigenvalue weighted by Gasteiger charge is -2.41. The summed E-state index contributed by atoms with van der Waals surface area (Å²) >= 11 is 1.78. The maximum absolute atomic E-state index is 10.3. The number of nitrogens with zero attached hydrogens (tertiary/aromatic N) is 1. The van der Waals surface area contributed by atoms with Gasteiger partial charge in [-0.2, -0.15) is 0 Å². The molecule has 1 aliphatic rings. The highest BCUT2D eigenvalue weighted by atomic mass is 32.1. The predicted molar refractivity (Wildman–Crippen MR) is 81.5 cm³/mol. The van der Waals surface area contributed by atoms with Gasteiger partial charge in [0.1, 0.15) is 0 Å². The van der Waals surface area contributed by atoms with Crippen molar-refractivity contribution >= 4 is 11.3 Å². The van der Waals surface area contributed by atoms with Crippen molar-refractivity contribution < 1.29 is 5.11 Å².